The van der Waals surface area contributed by atoms with Crippen LogP contribution in [0.3, 0.4) is 0 Å². The number of hydrogen-bond acceptors (Lipinski definition) is 3. The molecule has 0 aliphatic rings. The SMILES string of the molecule is CCCCC/C=C/C=C/[C@@H](CCCCCCCC(=O)OC)OC. The molecule has 0 amide bonds. The predicted octanol–water partition coefficient (Wildman–Crippen LogP) is 5.60. The van der Waals surface area contributed by atoms with Gasteiger partial charge in [-0.15, -0.1) is 0 Å². The van der Waals surface area contributed by atoms with E-state index >= 15 is 0 Å². The van der Waals surface area contributed by atoms with Crippen molar-refractivity contribution in [3.05, 3.63) is 24.3 Å². The Morgan fingerprint density at radius 3 is 2.39 bits per heavy atom. The second-order valence-corrected chi connectivity index (χ2v) is 5.97. The maximum Gasteiger partial charge on any atom is 0.305 e. The lowest BCUT2D eigenvalue weighted by Crippen LogP contribution is -2.06. The largest absolute Gasteiger partial charge is 0.469 e. The van der Waals surface area contributed by atoms with Crippen LogP contribution >= 0.6 is 0 Å². The van der Waals surface area contributed by atoms with E-state index in [-0.39, 0.29) is 12.1 Å². The van der Waals surface area contributed by atoms with E-state index in [1.807, 2.05) is 0 Å². The van der Waals surface area contributed by atoms with Crippen LogP contribution in [0.25, 0.3) is 0 Å². The Morgan fingerprint density at radius 1 is 0.957 bits per heavy atom. The monoisotopic (exact) mass is 324 g/mol. The smallest absolute Gasteiger partial charge is 0.305 e. The van der Waals surface area contributed by atoms with Crippen LogP contribution in [0.4, 0.5) is 0 Å². The Morgan fingerprint density at radius 2 is 1.70 bits per heavy atom. The summed E-state index contributed by atoms with van der Waals surface area (Å²) >= 11 is 0. The summed E-state index contributed by atoms with van der Waals surface area (Å²) in [5.41, 5.74) is 0. The van der Waals surface area contributed by atoms with Gasteiger partial charge in [0.15, 0.2) is 0 Å². The van der Waals surface area contributed by atoms with Crippen LogP contribution in [0, 0.1) is 0 Å². The highest BCUT2D eigenvalue weighted by Crippen LogP contribution is 2.11. The quantitative estimate of drug-likeness (QED) is 0.223. The molecule has 0 radical (unpaired) electrons. The van der Waals surface area contributed by atoms with Gasteiger partial charge in [-0.25, -0.2) is 0 Å². The van der Waals surface area contributed by atoms with E-state index in [0.717, 1.165) is 19.3 Å². The summed E-state index contributed by atoms with van der Waals surface area (Å²) in [5.74, 6) is -0.0997. The van der Waals surface area contributed by atoms with E-state index in [9.17, 15) is 4.79 Å². The molecule has 0 aliphatic carbocycles. The fraction of sp³-hybridized carbons (Fsp3) is 0.750. The Kier molecular flexibility index (Phi) is 16.4. The van der Waals surface area contributed by atoms with E-state index in [1.54, 1.807) is 7.11 Å². The van der Waals surface area contributed by atoms with Crippen molar-refractivity contribution in [2.45, 2.75) is 83.7 Å². The van der Waals surface area contributed by atoms with Crippen molar-refractivity contribution < 1.29 is 14.3 Å². The summed E-state index contributed by atoms with van der Waals surface area (Å²) in [5, 5.41) is 0. The second-order valence-electron chi connectivity index (χ2n) is 5.97. The second kappa shape index (κ2) is 17.3. The fourth-order valence-electron chi connectivity index (χ4n) is 2.41. The van der Waals surface area contributed by atoms with E-state index < -0.39 is 0 Å². The van der Waals surface area contributed by atoms with Crippen molar-refractivity contribution in [3.8, 4) is 0 Å². The first-order valence-electron chi connectivity index (χ1n) is 9.17. The van der Waals surface area contributed by atoms with Gasteiger partial charge in [0, 0.05) is 13.5 Å². The highest BCUT2D eigenvalue weighted by Gasteiger charge is 2.02. The zero-order chi connectivity index (χ0) is 17.2. The summed E-state index contributed by atoms with van der Waals surface area (Å²) in [6.45, 7) is 2.23. The molecule has 23 heavy (non-hydrogen) atoms. The van der Waals surface area contributed by atoms with Gasteiger partial charge in [0.1, 0.15) is 0 Å². The van der Waals surface area contributed by atoms with Crippen molar-refractivity contribution in [1.82, 2.24) is 0 Å². The normalized spacial score (nSPS) is 13.0. The van der Waals surface area contributed by atoms with Crippen molar-refractivity contribution in [3.63, 3.8) is 0 Å². The third-order valence-corrected chi connectivity index (χ3v) is 3.95. The summed E-state index contributed by atoms with van der Waals surface area (Å²) in [4.78, 5) is 11.0. The van der Waals surface area contributed by atoms with Crippen LogP contribution < -0.4 is 0 Å². The average molecular weight is 325 g/mol. The summed E-state index contributed by atoms with van der Waals surface area (Å²) in [7, 11) is 3.22. The predicted molar refractivity (Wildman–Crippen MR) is 97.6 cm³/mol. The molecule has 0 N–H and O–H groups in total. The molecule has 0 aromatic carbocycles. The number of rotatable bonds is 15. The molecule has 0 fully saturated rings. The molecule has 0 aliphatic heterocycles. The first-order valence-corrected chi connectivity index (χ1v) is 9.17. The maximum absolute atomic E-state index is 11.0. The summed E-state index contributed by atoms with van der Waals surface area (Å²) < 4.78 is 10.1. The fourth-order valence-corrected chi connectivity index (χ4v) is 2.41. The zero-order valence-electron chi connectivity index (χ0n) is 15.4. The Bertz CT molecular complexity index is 321. The van der Waals surface area contributed by atoms with Gasteiger partial charge in [-0.1, -0.05) is 69.8 Å². The van der Waals surface area contributed by atoms with Crippen LogP contribution in [-0.4, -0.2) is 26.3 Å². The molecule has 0 spiro atoms. The minimum atomic E-state index is -0.0997. The van der Waals surface area contributed by atoms with Gasteiger partial charge >= 0.3 is 5.97 Å². The molecule has 0 aromatic rings. The van der Waals surface area contributed by atoms with E-state index in [1.165, 1.54) is 52.1 Å². The highest BCUT2D eigenvalue weighted by atomic mass is 16.5. The lowest BCUT2D eigenvalue weighted by atomic mass is 10.1. The molecule has 0 unspecified atom stereocenters. The number of methoxy groups -OCH3 is 2. The molecular formula is C20H36O3. The standard InChI is InChI=1S/C20H36O3/c1-4-5-6-7-8-10-13-16-19(22-2)17-14-11-9-12-15-18-20(21)23-3/h8,10,13,16,19H,4-7,9,11-12,14-15,17-18H2,1-3H3/b10-8+,16-13+/t19-/m0/s1. The lowest BCUT2D eigenvalue weighted by Gasteiger charge is -2.10. The van der Waals surface area contributed by atoms with E-state index in [0.29, 0.717) is 6.42 Å². The molecule has 0 bridgehead atoms. The first-order chi connectivity index (χ1) is 11.2. The third-order valence-electron chi connectivity index (χ3n) is 3.95. The minimum Gasteiger partial charge on any atom is -0.469 e. The van der Waals surface area contributed by atoms with Crippen LogP contribution in [0.2, 0.25) is 0 Å². The van der Waals surface area contributed by atoms with Crippen LogP contribution in [-0.2, 0) is 14.3 Å². The molecule has 0 rings (SSSR count). The van der Waals surface area contributed by atoms with Gasteiger partial charge in [0.25, 0.3) is 0 Å². The zero-order valence-corrected chi connectivity index (χ0v) is 15.4. The van der Waals surface area contributed by atoms with Gasteiger partial charge in [-0.2, -0.15) is 0 Å². The number of esters is 1. The molecule has 0 aromatic heterocycles. The van der Waals surface area contributed by atoms with Crippen molar-refractivity contribution in [2.75, 3.05) is 14.2 Å². The van der Waals surface area contributed by atoms with Crippen molar-refractivity contribution in [2.24, 2.45) is 0 Å². The molecule has 3 heteroatoms. The highest BCUT2D eigenvalue weighted by molar-refractivity contribution is 5.68. The number of unbranched alkanes of at least 4 members (excludes halogenated alkanes) is 7. The molecule has 0 heterocycles. The number of carbonyl (C=O) groups is 1. The molecule has 0 saturated carbocycles. The summed E-state index contributed by atoms with van der Waals surface area (Å²) in [6, 6.07) is 0. The van der Waals surface area contributed by atoms with Crippen molar-refractivity contribution >= 4 is 5.97 Å². The molecule has 0 saturated heterocycles. The maximum atomic E-state index is 11.0. The van der Waals surface area contributed by atoms with Gasteiger partial charge in [-0.3, -0.25) is 4.79 Å². The third kappa shape index (κ3) is 15.6. The van der Waals surface area contributed by atoms with Crippen LogP contribution in [0.1, 0.15) is 77.6 Å². The molecule has 134 valence electrons. The number of allylic oxidation sites excluding steroid dienone is 3. The number of ether oxygens (including phenoxy) is 2. The molecule has 3 nitrogen and oxygen atoms in total. The Labute approximate surface area is 143 Å². The number of carbonyl (C=O) groups excluding carboxylic acids is 1. The number of hydrogen-bond donors (Lipinski definition) is 0. The van der Waals surface area contributed by atoms with Gasteiger partial charge in [0.05, 0.1) is 13.2 Å². The minimum absolute atomic E-state index is 0.0997. The van der Waals surface area contributed by atoms with E-state index in [4.69, 9.17) is 4.74 Å². The van der Waals surface area contributed by atoms with E-state index in [2.05, 4.69) is 36.0 Å². The first kappa shape index (κ1) is 21.9. The molecule has 1 atom stereocenters. The van der Waals surface area contributed by atoms with Crippen LogP contribution in [0.5, 0.6) is 0 Å². The molecular weight excluding hydrogens is 288 g/mol. The van der Waals surface area contributed by atoms with Gasteiger partial charge < -0.3 is 9.47 Å². The van der Waals surface area contributed by atoms with Gasteiger partial charge in [0.2, 0.25) is 0 Å². The van der Waals surface area contributed by atoms with Crippen LogP contribution in [0.15, 0.2) is 24.3 Å². The van der Waals surface area contributed by atoms with Gasteiger partial charge in [-0.05, 0) is 25.7 Å². The summed E-state index contributed by atoms with van der Waals surface area (Å²) in [6.07, 6.45) is 21.1. The van der Waals surface area contributed by atoms with Crippen molar-refractivity contribution in [1.29, 1.82) is 0 Å². The Balaban J connectivity index is 3.59. The Hall–Kier alpha value is -1.09. The lowest BCUT2D eigenvalue weighted by molar-refractivity contribution is -0.140. The average Bonchev–Trinajstić information content (AvgIpc) is 2.57. The topological polar surface area (TPSA) is 35.5 Å².